The molecule has 0 spiro atoms. The molecule has 3 nitrogen and oxygen atoms in total. The third-order valence-corrected chi connectivity index (χ3v) is 11.0. The summed E-state index contributed by atoms with van der Waals surface area (Å²) in [6.07, 6.45) is 8.52. The molecule has 11 rings (SSSR count). The highest BCUT2D eigenvalue weighted by Crippen LogP contribution is 2.43. The van der Waals surface area contributed by atoms with Crippen LogP contribution in [0.4, 0.5) is 11.4 Å². The lowest BCUT2D eigenvalue weighted by Crippen LogP contribution is -2.18. The number of hydrogen-bond acceptors (Lipinski definition) is 1. The highest BCUT2D eigenvalue weighted by atomic mass is 15.1. The Morgan fingerprint density at radius 1 is 0.462 bits per heavy atom. The van der Waals surface area contributed by atoms with Gasteiger partial charge in [-0.3, -0.25) is 0 Å². The second-order valence-electron chi connectivity index (χ2n) is 13.8. The van der Waals surface area contributed by atoms with E-state index in [1.165, 1.54) is 71.0 Å². The van der Waals surface area contributed by atoms with E-state index in [0.29, 0.717) is 0 Å². The zero-order chi connectivity index (χ0) is 34.3. The molecule has 0 atom stereocenters. The first-order valence-electron chi connectivity index (χ1n) is 17.9. The van der Waals surface area contributed by atoms with Gasteiger partial charge in [0.15, 0.2) is 0 Å². The number of fused-ring (bicyclic) bond motifs is 10. The van der Waals surface area contributed by atoms with Crippen molar-refractivity contribution in [3.05, 3.63) is 188 Å². The maximum atomic E-state index is 4.53. The maximum absolute atomic E-state index is 4.53. The molecule has 0 bridgehead atoms. The number of allylic oxidation sites excluding steroid dienone is 4. The van der Waals surface area contributed by atoms with Crippen LogP contribution in [0.2, 0.25) is 0 Å². The molecule has 0 fully saturated rings. The highest BCUT2D eigenvalue weighted by Gasteiger charge is 2.21. The van der Waals surface area contributed by atoms with Crippen LogP contribution in [-0.2, 0) is 0 Å². The molecule has 3 heteroatoms. The van der Waals surface area contributed by atoms with Crippen LogP contribution in [0.5, 0.6) is 0 Å². The van der Waals surface area contributed by atoms with Crippen molar-refractivity contribution in [1.29, 1.82) is 0 Å². The molecular weight excluding hydrogens is 631 g/mol. The minimum absolute atomic E-state index is 0.770. The largest absolute Gasteiger partial charge is 0.337 e. The Hall–Kier alpha value is -6.84. The second-order valence-corrected chi connectivity index (χ2v) is 13.8. The topological polar surface area (TPSA) is 12.6 Å². The van der Waals surface area contributed by atoms with Crippen LogP contribution in [0.25, 0.3) is 82.3 Å². The van der Waals surface area contributed by atoms with Gasteiger partial charge in [-0.15, -0.1) is 0 Å². The summed E-state index contributed by atoms with van der Waals surface area (Å²) >= 11 is 0. The molecule has 4 heterocycles. The Labute approximate surface area is 301 Å². The molecule has 0 N–H and O–H groups in total. The maximum Gasteiger partial charge on any atom is 0.0620 e. The molecule has 1 aliphatic heterocycles. The number of para-hydroxylation sites is 4. The van der Waals surface area contributed by atoms with Crippen molar-refractivity contribution in [2.75, 3.05) is 11.4 Å². The van der Waals surface area contributed by atoms with Crippen molar-refractivity contribution in [3.8, 4) is 16.8 Å². The molecule has 0 unspecified atom stereocenters. The Morgan fingerprint density at radius 3 is 1.81 bits per heavy atom. The van der Waals surface area contributed by atoms with E-state index >= 15 is 0 Å². The predicted octanol–water partition coefficient (Wildman–Crippen LogP) is 12.9. The van der Waals surface area contributed by atoms with Crippen LogP contribution < -0.4 is 4.90 Å². The lowest BCUT2D eigenvalue weighted by molar-refractivity contribution is 1.09. The fourth-order valence-electron chi connectivity index (χ4n) is 8.66. The normalized spacial score (nSPS) is 14.8. The molecule has 244 valence electrons. The Balaban J connectivity index is 1.12. The molecule has 0 aliphatic carbocycles. The van der Waals surface area contributed by atoms with Gasteiger partial charge in [-0.05, 0) is 89.5 Å². The first-order chi connectivity index (χ1) is 25.7. The summed E-state index contributed by atoms with van der Waals surface area (Å²) in [6.45, 7) is 5.30. The first kappa shape index (κ1) is 28.9. The van der Waals surface area contributed by atoms with E-state index in [0.717, 1.165) is 34.7 Å². The van der Waals surface area contributed by atoms with Crippen molar-refractivity contribution >= 4 is 76.8 Å². The number of hydrogen-bond donors (Lipinski definition) is 0. The van der Waals surface area contributed by atoms with Gasteiger partial charge in [0.25, 0.3) is 0 Å². The van der Waals surface area contributed by atoms with Gasteiger partial charge in [-0.1, -0.05) is 110 Å². The van der Waals surface area contributed by atoms with Crippen molar-refractivity contribution in [2.24, 2.45) is 0 Å². The average molecular weight is 664 g/mol. The minimum Gasteiger partial charge on any atom is -0.337 e. The summed E-state index contributed by atoms with van der Waals surface area (Å²) in [7, 11) is 0. The molecule has 0 amide bonds. The average Bonchev–Trinajstić information content (AvgIpc) is 3.85. The van der Waals surface area contributed by atoms with Gasteiger partial charge in [0.1, 0.15) is 0 Å². The number of nitrogens with zero attached hydrogens (tertiary/aromatic N) is 3. The van der Waals surface area contributed by atoms with Gasteiger partial charge in [0, 0.05) is 61.5 Å². The van der Waals surface area contributed by atoms with Crippen LogP contribution in [0, 0.1) is 0 Å². The summed E-state index contributed by atoms with van der Waals surface area (Å²) in [6, 6.07) is 55.6. The predicted molar refractivity (Wildman–Crippen MR) is 222 cm³/mol. The van der Waals surface area contributed by atoms with Gasteiger partial charge < -0.3 is 13.9 Å². The zero-order valence-corrected chi connectivity index (χ0v) is 28.5. The minimum atomic E-state index is 0.770. The van der Waals surface area contributed by atoms with Crippen LogP contribution in [0.15, 0.2) is 183 Å². The van der Waals surface area contributed by atoms with Crippen LogP contribution >= 0.6 is 0 Å². The number of anilines is 2. The summed E-state index contributed by atoms with van der Waals surface area (Å²) in [5.41, 5.74) is 14.2. The molecule has 3 aromatic heterocycles. The third-order valence-electron chi connectivity index (χ3n) is 11.0. The third kappa shape index (κ3) is 4.14. The summed E-state index contributed by atoms with van der Waals surface area (Å²) in [4.78, 5) is 2.36. The van der Waals surface area contributed by atoms with Crippen molar-refractivity contribution < 1.29 is 0 Å². The van der Waals surface area contributed by atoms with E-state index in [2.05, 4.69) is 196 Å². The van der Waals surface area contributed by atoms with Crippen LogP contribution in [0.3, 0.4) is 0 Å². The van der Waals surface area contributed by atoms with Gasteiger partial charge in [0.2, 0.25) is 0 Å². The Kier molecular flexibility index (Phi) is 6.17. The SMILES string of the molecule is C=C1/C=C\C=C/CN(c2ccccc2)c2ccc(-n3c4ccccc4c4cc(-c5cc6c7ccccc7n7c8ccccc8c(c5)c67)ccc43)cc21. The van der Waals surface area contributed by atoms with E-state index in [4.69, 9.17) is 0 Å². The molecule has 1 aliphatic rings. The monoisotopic (exact) mass is 663 g/mol. The summed E-state index contributed by atoms with van der Waals surface area (Å²) < 4.78 is 4.86. The quantitative estimate of drug-likeness (QED) is 0.183. The lowest BCUT2D eigenvalue weighted by Gasteiger charge is -2.27. The zero-order valence-electron chi connectivity index (χ0n) is 28.5. The molecular formula is C49H33N3. The standard InChI is InChI=1S/C49H33N3/c1-32-14-4-3-13-27-50(35-15-5-2-6-16-35)44-26-24-36(31-40(32)44)51-45-20-10-7-17-37(45)41-28-33(23-25-48(41)51)34-29-42-38-18-8-11-21-46(38)52-47-22-12-9-19-39(47)43(30-34)49(42)52/h2-26,28-31H,1,27H2/b13-3-,14-4-. The number of aromatic nitrogens is 2. The van der Waals surface area contributed by atoms with E-state index in [1.807, 2.05) is 0 Å². The van der Waals surface area contributed by atoms with Gasteiger partial charge >= 0.3 is 0 Å². The lowest BCUT2D eigenvalue weighted by atomic mass is 9.98. The van der Waals surface area contributed by atoms with Gasteiger partial charge in [-0.25, -0.2) is 0 Å². The first-order valence-corrected chi connectivity index (χ1v) is 17.9. The summed E-state index contributed by atoms with van der Waals surface area (Å²) in [5.74, 6) is 0. The molecule has 0 radical (unpaired) electrons. The van der Waals surface area contributed by atoms with Gasteiger partial charge in [-0.2, -0.15) is 0 Å². The molecule has 0 saturated heterocycles. The second kappa shape index (κ2) is 11.1. The smallest absolute Gasteiger partial charge is 0.0620 e. The van der Waals surface area contributed by atoms with Crippen molar-refractivity contribution in [2.45, 2.75) is 0 Å². The summed E-state index contributed by atoms with van der Waals surface area (Å²) in [5, 5.41) is 7.66. The van der Waals surface area contributed by atoms with Crippen LogP contribution in [0.1, 0.15) is 5.56 Å². The van der Waals surface area contributed by atoms with Crippen molar-refractivity contribution in [3.63, 3.8) is 0 Å². The number of benzene rings is 7. The number of rotatable bonds is 3. The van der Waals surface area contributed by atoms with E-state index < -0.39 is 0 Å². The van der Waals surface area contributed by atoms with Gasteiger partial charge in [0.05, 0.1) is 27.6 Å². The van der Waals surface area contributed by atoms with E-state index in [9.17, 15) is 0 Å². The molecule has 10 aromatic rings. The fraction of sp³-hybridized carbons (Fsp3) is 0.0204. The van der Waals surface area contributed by atoms with E-state index in [-0.39, 0.29) is 0 Å². The van der Waals surface area contributed by atoms with Crippen LogP contribution in [-0.4, -0.2) is 15.5 Å². The fourth-order valence-corrected chi connectivity index (χ4v) is 8.66. The Morgan fingerprint density at radius 2 is 1.08 bits per heavy atom. The Bertz CT molecular complexity index is 3030. The highest BCUT2D eigenvalue weighted by molar-refractivity contribution is 6.24. The molecule has 52 heavy (non-hydrogen) atoms. The van der Waals surface area contributed by atoms with Crippen molar-refractivity contribution in [1.82, 2.24) is 8.97 Å². The van der Waals surface area contributed by atoms with E-state index in [1.54, 1.807) is 0 Å². The molecule has 7 aromatic carbocycles. The molecule has 0 saturated carbocycles.